The van der Waals surface area contributed by atoms with Crippen LogP contribution in [0.15, 0.2) is 34.4 Å². The van der Waals surface area contributed by atoms with E-state index in [1.165, 1.54) is 18.7 Å². The van der Waals surface area contributed by atoms with Crippen molar-refractivity contribution in [2.75, 3.05) is 18.1 Å². The molecule has 28 heavy (non-hydrogen) atoms. The second-order valence-corrected chi connectivity index (χ2v) is 8.28. The average molecular weight is 432 g/mol. The molecule has 0 bridgehead atoms. The molecule has 11 heteroatoms. The molecule has 0 saturated carbocycles. The van der Waals surface area contributed by atoms with E-state index in [0.717, 1.165) is 15.6 Å². The number of allylic oxidation sites excluding steroid dienone is 2. The van der Waals surface area contributed by atoms with Crippen molar-refractivity contribution in [2.45, 2.75) is 24.8 Å². The number of carboxylic acids is 1. The van der Waals surface area contributed by atoms with E-state index in [4.69, 9.17) is 4.74 Å². The number of β-lactam (4-membered cyclic amide) rings is 1. The number of hydrogen-bond acceptors (Lipinski definition) is 8. The topological polar surface area (TPSA) is 116 Å². The van der Waals surface area contributed by atoms with Crippen molar-refractivity contribution < 1.29 is 58.6 Å². The van der Waals surface area contributed by atoms with Crippen molar-refractivity contribution in [1.82, 2.24) is 10.2 Å². The summed E-state index contributed by atoms with van der Waals surface area (Å²) in [5.74, 6) is -1.77. The number of carboxylic acid groups (broad SMARTS) is 1. The summed E-state index contributed by atoms with van der Waals surface area (Å²) >= 11 is 2.87. The second-order valence-electron chi connectivity index (χ2n) is 6.02. The number of hydrogen-bond donors (Lipinski definition) is 1. The zero-order chi connectivity index (χ0) is 19.6. The number of rotatable bonds is 6. The molecule has 1 N–H and O–H groups in total. The normalized spacial score (nSPS) is 23.1. The molecule has 3 aliphatic rings. The number of fused-ring (bicyclic) bond motifs is 1. The molecule has 3 aliphatic heterocycles. The van der Waals surface area contributed by atoms with Crippen LogP contribution in [0.1, 0.15) is 13.3 Å². The molecule has 2 unspecified atom stereocenters. The predicted octanol–water partition coefficient (Wildman–Crippen LogP) is -3.47. The Morgan fingerprint density at radius 3 is 2.75 bits per heavy atom. The summed E-state index contributed by atoms with van der Waals surface area (Å²) in [6.45, 7) is 1.01. The minimum absolute atomic E-state index is 0. The van der Waals surface area contributed by atoms with Gasteiger partial charge in [0.15, 0.2) is 0 Å². The molecule has 0 aliphatic carbocycles. The first-order valence-corrected chi connectivity index (χ1v) is 10.2. The van der Waals surface area contributed by atoms with Gasteiger partial charge in [-0.2, -0.15) is 0 Å². The fraction of sp³-hybridized carbons (Fsp3) is 0.412. The van der Waals surface area contributed by atoms with Gasteiger partial charge in [0.05, 0.1) is 18.1 Å². The zero-order valence-electron chi connectivity index (χ0n) is 15.4. The summed E-state index contributed by atoms with van der Waals surface area (Å²) in [5.41, 5.74) is 0.0336. The van der Waals surface area contributed by atoms with Crippen molar-refractivity contribution in [3.8, 4) is 0 Å². The third-order valence-corrected chi connectivity index (χ3v) is 6.47. The molecule has 3 rings (SSSR count). The maximum atomic E-state index is 12.5. The second kappa shape index (κ2) is 10.0. The van der Waals surface area contributed by atoms with Gasteiger partial charge in [0.2, 0.25) is 5.91 Å². The van der Waals surface area contributed by atoms with Crippen LogP contribution in [0.25, 0.3) is 0 Å². The van der Waals surface area contributed by atoms with Crippen molar-refractivity contribution in [1.29, 1.82) is 0 Å². The van der Waals surface area contributed by atoms with Crippen LogP contribution >= 0.6 is 23.5 Å². The van der Waals surface area contributed by atoms with Crippen LogP contribution in [0.3, 0.4) is 0 Å². The predicted molar refractivity (Wildman–Crippen MR) is 98.0 cm³/mol. The Bertz CT molecular complexity index is 795. The number of thioether (sulfide) groups is 2. The monoisotopic (exact) mass is 432 g/mol. The molecule has 2 amide bonds. The van der Waals surface area contributed by atoms with Crippen LogP contribution < -0.4 is 40.0 Å². The molecular formula is C17H17N2NaO6S2. The number of amides is 2. The van der Waals surface area contributed by atoms with Gasteiger partial charge in [0, 0.05) is 24.0 Å². The Hall–Kier alpha value is -1.20. The summed E-state index contributed by atoms with van der Waals surface area (Å²) in [4.78, 5) is 49.2. The van der Waals surface area contributed by atoms with Gasteiger partial charge >= 0.3 is 35.5 Å². The number of nitrogens with zero attached hydrogens (tertiary/aromatic N) is 1. The van der Waals surface area contributed by atoms with Crippen molar-refractivity contribution in [3.05, 3.63) is 34.4 Å². The van der Waals surface area contributed by atoms with Crippen LogP contribution in [0.2, 0.25) is 0 Å². The molecule has 8 nitrogen and oxygen atoms in total. The number of carbonyl (C=O) groups is 4. The zero-order valence-corrected chi connectivity index (χ0v) is 19.1. The molecule has 1 saturated heterocycles. The molecule has 144 valence electrons. The van der Waals surface area contributed by atoms with E-state index in [-0.39, 0.29) is 59.9 Å². The summed E-state index contributed by atoms with van der Waals surface area (Å²) in [5, 5.41) is 13.7. The first kappa shape index (κ1) is 23.1. The Morgan fingerprint density at radius 1 is 1.39 bits per heavy atom. The molecule has 0 spiro atoms. The van der Waals surface area contributed by atoms with Gasteiger partial charge in [-0.1, -0.05) is 18.2 Å². The molecule has 0 aromatic heterocycles. The summed E-state index contributed by atoms with van der Waals surface area (Å²) in [7, 11) is 0. The van der Waals surface area contributed by atoms with Gasteiger partial charge in [-0.25, -0.2) is 0 Å². The van der Waals surface area contributed by atoms with Gasteiger partial charge in [0.1, 0.15) is 18.0 Å². The standard InChI is InChI=1S/C17H18N2O6S2.Na/c1-9(20)25-7-10-8-27-16-13(15(22)19(16)14(10)17(23)24)18-12(21)6-11-4-2-3-5-26-11;/h2-4,13,16H,5-8H2,1H3,(H,18,21)(H,23,24);/q;+1/p-1. The third-order valence-electron chi connectivity index (χ3n) is 4.12. The molecule has 0 aromatic rings. The molecule has 2 atom stereocenters. The maximum absolute atomic E-state index is 12.5. The van der Waals surface area contributed by atoms with E-state index in [9.17, 15) is 24.3 Å². The molecule has 3 heterocycles. The van der Waals surface area contributed by atoms with Crippen LogP contribution in [-0.4, -0.2) is 58.2 Å². The fourth-order valence-corrected chi connectivity index (χ4v) is 5.06. The number of carbonyl (C=O) groups excluding carboxylic acids is 4. The summed E-state index contributed by atoms with van der Waals surface area (Å²) in [6.07, 6.45) is 5.90. The van der Waals surface area contributed by atoms with Gasteiger partial charge < -0.3 is 20.0 Å². The van der Waals surface area contributed by atoms with Crippen molar-refractivity contribution >= 4 is 47.3 Å². The molecule has 1 fully saturated rings. The van der Waals surface area contributed by atoms with Gasteiger partial charge in [-0.3, -0.25) is 19.3 Å². The first-order valence-electron chi connectivity index (χ1n) is 8.17. The Labute approximate surface area is 192 Å². The smallest absolute Gasteiger partial charge is 0.543 e. The van der Waals surface area contributed by atoms with Crippen molar-refractivity contribution in [2.24, 2.45) is 0 Å². The van der Waals surface area contributed by atoms with E-state index in [1.54, 1.807) is 11.8 Å². The van der Waals surface area contributed by atoms with Crippen molar-refractivity contribution in [3.63, 3.8) is 0 Å². The average Bonchev–Trinajstić information content (AvgIpc) is 2.64. The minimum Gasteiger partial charge on any atom is -0.543 e. The van der Waals surface area contributed by atoms with Gasteiger partial charge in [-0.05, 0) is 4.91 Å². The van der Waals surface area contributed by atoms with Crippen LogP contribution in [0, 0.1) is 0 Å². The number of esters is 1. The Balaban J connectivity index is 0.00000280. The van der Waals surface area contributed by atoms with E-state index < -0.39 is 29.3 Å². The Morgan fingerprint density at radius 2 is 2.14 bits per heavy atom. The maximum Gasteiger partial charge on any atom is 1.00 e. The largest absolute Gasteiger partial charge is 1.00 e. The molecular weight excluding hydrogens is 415 g/mol. The van der Waals surface area contributed by atoms with Gasteiger partial charge in [0.25, 0.3) is 5.91 Å². The number of aliphatic carboxylic acids is 1. The van der Waals surface area contributed by atoms with Crippen LogP contribution in [0.4, 0.5) is 0 Å². The summed E-state index contributed by atoms with van der Waals surface area (Å²) < 4.78 is 4.86. The minimum atomic E-state index is -1.50. The SMILES string of the molecule is CC(=O)OCC1=C(C(=O)[O-])N2C(=O)C(NC(=O)CC3=CC=CCS3)C2SC1.[Na+]. The number of nitrogens with one attached hydrogen (secondary N) is 1. The van der Waals surface area contributed by atoms with Crippen LogP contribution in [0.5, 0.6) is 0 Å². The molecule has 0 aromatic carbocycles. The fourth-order valence-electron chi connectivity index (χ4n) is 2.90. The molecule has 0 radical (unpaired) electrons. The van der Waals surface area contributed by atoms with E-state index in [0.29, 0.717) is 5.57 Å². The van der Waals surface area contributed by atoms with Gasteiger partial charge in [-0.15, -0.1) is 23.5 Å². The van der Waals surface area contributed by atoms with E-state index in [2.05, 4.69) is 5.32 Å². The summed E-state index contributed by atoms with van der Waals surface area (Å²) in [6, 6.07) is -0.781. The Kier molecular flexibility index (Phi) is 8.26. The van der Waals surface area contributed by atoms with E-state index >= 15 is 0 Å². The van der Waals surface area contributed by atoms with Crippen LogP contribution in [-0.2, 0) is 23.9 Å². The number of ether oxygens (including phenoxy) is 1. The van der Waals surface area contributed by atoms with E-state index in [1.807, 2.05) is 18.2 Å². The first-order chi connectivity index (χ1) is 12.9. The third kappa shape index (κ3) is 5.04. The quantitative estimate of drug-likeness (QED) is 0.262.